The molecule has 0 aromatic heterocycles. The Morgan fingerprint density at radius 1 is 1.14 bits per heavy atom. The number of anilines is 1. The molecule has 5 nitrogen and oxygen atoms in total. The second-order valence-corrected chi connectivity index (χ2v) is 4.47. The molecule has 0 aliphatic rings. The molecule has 2 rings (SSSR count). The van der Waals surface area contributed by atoms with Crippen LogP contribution in [0.3, 0.4) is 0 Å². The van der Waals surface area contributed by atoms with Crippen LogP contribution in [-0.2, 0) is 11.3 Å². The van der Waals surface area contributed by atoms with Crippen molar-refractivity contribution in [3.8, 4) is 5.75 Å². The maximum Gasteiger partial charge on any atom is 0.411 e. The van der Waals surface area contributed by atoms with Crippen molar-refractivity contribution in [1.82, 2.24) is 0 Å². The summed E-state index contributed by atoms with van der Waals surface area (Å²) in [5, 5.41) is 12.0. The summed E-state index contributed by atoms with van der Waals surface area (Å²) < 4.78 is 5.07. The molecule has 0 aliphatic carbocycles. The Morgan fingerprint density at radius 2 is 1.86 bits per heavy atom. The molecule has 0 bridgehead atoms. The van der Waals surface area contributed by atoms with Crippen LogP contribution in [0.2, 0.25) is 0 Å². The Labute approximate surface area is 122 Å². The van der Waals surface area contributed by atoms with E-state index in [2.05, 4.69) is 5.32 Å². The molecule has 21 heavy (non-hydrogen) atoms. The number of hydrogen-bond donors (Lipinski definition) is 2. The van der Waals surface area contributed by atoms with E-state index in [9.17, 15) is 14.7 Å². The van der Waals surface area contributed by atoms with Gasteiger partial charge in [-0.15, -0.1) is 0 Å². The lowest BCUT2D eigenvalue weighted by molar-refractivity contribution is 0.101. The van der Waals surface area contributed by atoms with Gasteiger partial charge in [-0.3, -0.25) is 10.1 Å². The maximum atomic E-state index is 11.7. The molecule has 0 unspecified atom stereocenters. The summed E-state index contributed by atoms with van der Waals surface area (Å²) in [5.41, 5.74) is 1.41. The molecule has 0 heterocycles. The number of phenolic OH excluding ortho intramolecular Hbond substituents is 1. The minimum atomic E-state index is -0.626. The largest absolute Gasteiger partial charge is 0.507 e. The van der Waals surface area contributed by atoms with Gasteiger partial charge in [0.1, 0.15) is 12.4 Å². The number of carbonyl (C=O) groups is 2. The fourth-order valence-electron chi connectivity index (χ4n) is 1.77. The van der Waals surface area contributed by atoms with Crippen molar-refractivity contribution in [1.29, 1.82) is 0 Å². The first-order valence-electron chi connectivity index (χ1n) is 6.38. The van der Waals surface area contributed by atoms with Crippen LogP contribution in [0.5, 0.6) is 5.75 Å². The van der Waals surface area contributed by atoms with Crippen LogP contribution in [0.25, 0.3) is 0 Å². The summed E-state index contributed by atoms with van der Waals surface area (Å²) in [6, 6.07) is 13.5. The second-order valence-electron chi connectivity index (χ2n) is 4.47. The van der Waals surface area contributed by atoms with Gasteiger partial charge in [0.05, 0.1) is 5.56 Å². The van der Waals surface area contributed by atoms with E-state index >= 15 is 0 Å². The van der Waals surface area contributed by atoms with E-state index in [1.54, 1.807) is 0 Å². The van der Waals surface area contributed by atoms with Crippen LogP contribution < -0.4 is 5.32 Å². The molecule has 5 heteroatoms. The highest BCUT2D eigenvalue weighted by molar-refractivity contribution is 5.98. The zero-order chi connectivity index (χ0) is 15.2. The minimum Gasteiger partial charge on any atom is -0.507 e. The Balaban J connectivity index is 1.97. The summed E-state index contributed by atoms with van der Waals surface area (Å²) in [6.45, 7) is 1.50. The Bertz CT molecular complexity index is 653. The fourth-order valence-corrected chi connectivity index (χ4v) is 1.77. The molecule has 2 N–H and O–H groups in total. The summed E-state index contributed by atoms with van der Waals surface area (Å²) in [6.07, 6.45) is -0.626. The third kappa shape index (κ3) is 4.07. The minimum absolute atomic E-state index is 0.120. The number of ketones is 1. The van der Waals surface area contributed by atoms with Gasteiger partial charge in [0.25, 0.3) is 0 Å². The molecule has 0 atom stereocenters. The van der Waals surface area contributed by atoms with E-state index in [-0.39, 0.29) is 23.7 Å². The van der Waals surface area contributed by atoms with E-state index in [0.717, 1.165) is 5.56 Å². The van der Waals surface area contributed by atoms with Crippen molar-refractivity contribution in [3.63, 3.8) is 0 Å². The monoisotopic (exact) mass is 285 g/mol. The van der Waals surface area contributed by atoms with E-state index in [4.69, 9.17) is 4.74 Å². The van der Waals surface area contributed by atoms with Crippen molar-refractivity contribution in [2.45, 2.75) is 13.5 Å². The van der Waals surface area contributed by atoms with E-state index < -0.39 is 6.09 Å². The average molecular weight is 285 g/mol. The van der Waals surface area contributed by atoms with Crippen molar-refractivity contribution < 1.29 is 19.4 Å². The quantitative estimate of drug-likeness (QED) is 0.667. The van der Waals surface area contributed by atoms with Crippen molar-refractivity contribution in [2.24, 2.45) is 0 Å². The topological polar surface area (TPSA) is 75.6 Å². The van der Waals surface area contributed by atoms with Crippen LogP contribution in [0.15, 0.2) is 48.5 Å². The number of hydrogen-bond acceptors (Lipinski definition) is 4. The number of carbonyl (C=O) groups excluding carboxylic acids is 2. The van der Waals surface area contributed by atoms with Gasteiger partial charge in [0.15, 0.2) is 5.78 Å². The van der Waals surface area contributed by atoms with Crippen molar-refractivity contribution in [3.05, 3.63) is 59.7 Å². The van der Waals surface area contributed by atoms with E-state index in [1.165, 1.54) is 25.1 Å². The molecule has 0 saturated heterocycles. The van der Waals surface area contributed by atoms with Gasteiger partial charge < -0.3 is 9.84 Å². The normalized spacial score (nSPS) is 9.95. The van der Waals surface area contributed by atoms with Crippen molar-refractivity contribution in [2.75, 3.05) is 5.32 Å². The molecule has 0 aliphatic heterocycles. The van der Waals surface area contributed by atoms with Gasteiger partial charge in [-0.05, 0) is 30.7 Å². The number of phenols is 1. The lowest BCUT2D eigenvalue weighted by Crippen LogP contribution is -2.13. The lowest BCUT2D eigenvalue weighted by Gasteiger charge is -2.08. The SMILES string of the molecule is CC(=O)c1cc(NC(=O)OCc2ccccc2)ccc1O. The van der Waals surface area contributed by atoms with Crippen LogP contribution in [0, 0.1) is 0 Å². The Morgan fingerprint density at radius 3 is 2.52 bits per heavy atom. The van der Waals surface area contributed by atoms with E-state index in [1.807, 2.05) is 30.3 Å². The first kappa shape index (κ1) is 14.6. The summed E-state index contributed by atoms with van der Waals surface area (Å²) in [5.74, 6) is -0.403. The molecule has 2 aromatic rings. The molecular weight excluding hydrogens is 270 g/mol. The van der Waals surface area contributed by atoms with Crippen molar-refractivity contribution >= 4 is 17.6 Å². The van der Waals surface area contributed by atoms with Crippen LogP contribution in [-0.4, -0.2) is 17.0 Å². The molecule has 0 fully saturated rings. The zero-order valence-corrected chi connectivity index (χ0v) is 11.5. The summed E-state index contributed by atoms with van der Waals surface area (Å²) in [7, 11) is 0. The highest BCUT2D eigenvalue weighted by Crippen LogP contribution is 2.22. The zero-order valence-electron chi connectivity index (χ0n) is 11.5. The Hall–Kier alpha value is -2.82. The summed E-state index contributed by atoms with van der Waals surface area (Å²) in [4.78, 5) is 23.0. The molecular formula is C16H15NO4. The van der Waals surface area contributed by atoms with Crippen LogP contribution in [0.1, 0.15) is 22.8 Å². The molecule has 1 amide bonds. The number of aromatic hydroxyl groups is 1. The molecule has 0 saturated carbocycles. The third-order valence-electron chi connectivity index (χ3n) is 2.84. The standard InChI is InChI=1S/C16H15NO4/c1-11(18)14-9-13(7-8-15(14)19)17-16(20)21-10-12-5-3-2-4-6-12/h2-9,19H,10H2,1H3,(H,17,20). The predicted molar refractivity (Wildman–Crippen MR) is 78.4 cm³/mol. The van der Waals surface area contributed by atoms with Gasteiger partial charge in [-0.1, -0.05) is 30.3 Å². The first-order valence-corrected chi connectivity index (χ1v) is 6.38. The molecule has 0 spiro atoms. The van der Waals surface area contributed by atoms with Gasteiger partial charge >= 0.3 is 6.09 Å². The highest BCUT2D eigenvalue weighted by atomic mass is 16.5. The van der Waals surface area contributed by atoms with Crippen LogP contribution >= 0.6 is 0 Å². The fraction of sp³-hybridized carbons (Fsp3) is 0.125. The van der Waals surface area contributed by atoms with Gasteiger partial charge in [-0.2, -0.15) is 0 Å². The van der Waals surface area contributed by atoms with Gasteiger partial charge in [-0.25, -0.2) is 4.79 Å². The second kappa shape index (κ2) is 6.56. The Kier molecular flexibility index (Phi) is 4.56. The molecule has 0 radical (unpaired) electrons. The number of amides is 1. The van der Waals surface area contributed by atoms with E-state index in [0.29, 0.717) is 5.69 Å². The number of ether oxygens (including phenoxy) is 1. The maximum absolute atomic E-state index is 11.7. The summed E-state index contributed by atoms with van der Waals surface area (Å²) >= 11 is 0. The average Bonchev–Trinajstić information content (AvgIpc) is 2.48. The van der Waals surface area contributed by atoms with Gasteiger partial charge in [0.2, 0.25) is 0 Å². The number of benzene rings is 2. The third-order valence-corrected chi connectivity index (χ3v) is 2.84. The smallest absolute Gasteiger partial charge is 0.411 e. The lowest BCUT2D eigenvalue weighted by atomic mass is 10.1. The number of nitrogens with one attached hydrogen (secondary N) is 1. The number of rotatable bonds is 4. The van der Waals surface area contributed by atoms with Crippen LogP contribution in [0.4, 0.5) is 10.5 Å². The first-order chi connectivity index (χ1) is 10.1. The molecule has 108 valence electrons. The molecule has 2 aromatic carbocycles. The predicted octanol–water partition coefficient (Wildman–Crippen LogP) is 3.34. The highest BCUT2D eigenvalue weighted by Gasteiger charge is 2.09. The van der Waals surface area contributed by atoms with Gasteiger partial charge in [0, 0.05) is 5.69 Å². The number of Topliss-reactive ketones (excluding diaryl/α,β-unsaturated/α-hetero) is 1.